The number of carbonyl (C=O) groups excluding carboxylic acids is 1. The number of hydrogen-bond donors (Lipinski definition) is 1. The van der Waals surface area contributed by atoms with Crippen LogP contribution < -0.4 is 5.32 Å². The highest BCUT2D eigenvalue weighted by Gasteiger charge is 2.07. The minimum atomic E-state index is -0.268. The zero-order valence-corrected chi connectivity index (χ0v) is 15.4. The second kappa shape index (κ2) is 8.80. The lowest BCUT2D eigenvalue weighted by molar-refractivity contribution is -0.111. The summed E-state index contributed by atoms with van der Waals surface area (Å²) in [5.74, 6) is 0.547. The van der Waals surface area contributed by atoms with E-state index in [0.29, 0.717) is 10.2 Å². The fraction of sp³-hybridized carbons (Fsp3) is 0.0556. The Morgan fingerprint density at radius 3 is 2.68 bits per heavy atom. The number of halogens is 1. The third kappa shape index (κ3) is 5.42. The van der Waals surface area contributed by atoms with Gasteiger partial charge in [0, 0.05) is 16.9 Å². The van der Waals surface area contributed by atoms with Crippen LogP contribution in [-0.4, -0.2) is 16.1 Å². The lowest BCUT2D eigenvalue weighted by Gasteiger charge is -1.98. The monoisotopic (exact) mass is 387 g/mol. The van der Waals surface area contributed by atoms with E-state index in [9.17, 15) is 4.79 Å². The van der Waals surface area contributed by atoms with Crippen LogP contribution in [0.2, 0.25) is 5.02 Å². The molecule has 0 saturated heterocycles. The van der Waals surface area contributed by atoms with E-state index in [2.05, 4.69) is 27.6 Å². The Labute approximate surface area is 159 Å². The summed E-state index contributed by atoms with van der Waals surface area (Å²) in [6, 6.07) is 17.5. The highest BCUT2D eigenvalue weighted by atomic mass is 35.5. The van der Waals surface area contributed by atoms with Gasteiger partial charge in [0.2, 0.25) is 11.0 Å². The van der Waals surface area contributed by atoms with Crippen molar-refractivity contribution >= 4 is 51.8 Å². The van der Waals surface area contributed by atoms with Crippen LogP contribution in [0.3, 0.4) is 0 Å². The van der Waals surface area contributed by atoms with Gasteiger partial charge in [0.05, 0.1) is 0 Å². The van der Waals surface area contributed by atoms with Crippen molar-refractivity contribution in [1.29, 1.82) is 0 Å². The molecule has 3 rings (SSSR count). The van der Waals surface area contributed by atoms with Crippen LogP contribution in [0.15, 0.2) is 65.0 Å². The standard InChI is InChI=1S/C18H14ClN3OS2/c19-15-9-5-4-8-14(15)10-11-16(23)20-17-21-22-18(25-17)24-12-13-6-2-1-3-7-13/h1-11H,12H2,(H,20,21,23)/b11-10+. The van der Waals surface area contributed by atoms with Crippen molar-refractivity contribution in [3.05, 3.63) is 76.8 Å². The molecule has 1 amide bonds. The average Bonchev–Trinajstić information content (AvgIpc) is 3.07. The van der Waals surface area contributed by atoms with Gasteiger partial charge in [-0.05, 0) is 23.3 Å². The van der Waals surface area contributed by atoms with Gasteiger partial charge in [-0.1, -0.05) is 83.2 Å². The zero-order chi connectivity index (χ0) is 17.5. The van der Waals surface area contributed by atoms with Crippen molar-refractivity contribution < 1.29 is 4.79 Å². The fourth-order valence-corrected chi connectivity index (χ4v) is 3.87. The summed E-state index contributed by atoms with van der Waals surface area (Å²) in [5, 5.41) is 11.9. The molecule has 1 aromatic heterocycles. The number of nitrogens with zero attached hydrogens (tertiary/aromatic N) is 2. The van der Waals surface area contributed by atoms with Crippen molar-refractivity contribution in [1.82, 2.24) is 10.2 Å². The molecule has 0 aliphatic carbocycles. The number of thioether (sulfide) groups is 1. The number of rotatable bonds is 6. The first kappa shape index (κ1) is 17.7. The summed E-state index contributed by atoms with van der Waals surface area (Å²) < 4.78 is 0.814. The third-order valence-corrected chi connectivity index (χ3v) is 5.55. The Kier molecular flexibility index (Phi) is 6.22. The number of anilines is 1. The average molecular weight is 388 g/mol. The maximum Gasteiger partial charge on any atom is 0.250 e. The molecule has 0 aliphatic heterocycles. The Hall–Kier alpha value is -2.15. The molecule has 0 atom stereocenters. The van der Waals surface area contributed by atoms with Gasteiger partial charge in [0.1, 0.15) is 0 Å². The van der Waals surface area contributed by atoms with E-state index in [1.54, 1.807) is 23.9 Å². The summed E-state index contributed by atoms with van der Waals surface area (Å²) in [7, 11) is 0. The maximum absolute atomic E-state index is 12.0. The van der Waals surface area contributed by atoms with E-state index in [1.807, 2.05) is 36.4 Å². The summed E-state index contributed by atoms with van der Waals surface area (Å²) in [5.41, 5.74) is 2.01. The van der Waals surface area contributed by atoms with E-state index >= 15 is 0 Å². The summed E-state index contributed by atoms with van der Waals surface area (Å²) in [4.78, 5) is 12.0. The SMILES string of the molecule is O=C(/C=C/c1ccccc1Cl)Nc1nnc(SCc2ccccc2)s1. The van der Waals surface area contributed by atoms with Gasteiger partial charge in [-0.15, -0.1) is 10.2 Å². The Bertz CT molecular complexity index is 881. The molecule has 0 unspecified atom stereocenters. The molecule has 4 nitrogen and oxygen atoms in total. The molecule has 1 N–H and O–H groups in total. The summed E-state index contributed by atoms with van der Waals surface area (Å²) in [6.07, 6.45) is 3.10. The molecule has 25 heavy (non-hydrogen) atoms. The molecular formula is C18H14ClN3OS2. The largest absolute Gasteiger partial charge is 0.297 e. The molecule has 2 aromatic carbocycles. The second-order valence-electron chi connectivity index (χ2n) is 4.99. The summed E-state index contributed by atoms with van der Waals surface area (Å²) in [6.45, 7) is 0. The molecule has 0 saturated carbocycles. The zero-order valence-electron chi connectivity index (χ0n) is 13.1. The van der Waals surface area contributed by atoms with Crippen LogP contribution in [-0.2, 0) is 10.5 Å². The maximum atomic E-state index is 12.0. The Morgan fingerprint density at radius 1 is 1.12 bits per heavy atom. The predicted octanol–water partition coefficient (Wildman–Crippen LogP) is 5.14. The van der Waals surface area contributed by atoms with E-state index in [0.717, 1.165) is 15.7 Å². The molecule has 3 aromatic rings. The molecule has 1 heterocycles. The minimum Gasteiger partial charge on any atom is -0.297 e. The molecule has 0 aliphatic rings. The van der Waals surface area contributed by atoms with Gasteiger partial charge in [0.15, 0.2) is 4.34 Å². The van der Waals surface area contributed by atoms with Crippen LogP contribution in [0.25, 0.3) is 6.08 Å². The number of amides is 1. The van der Waals surface area contributed by atoms with Crippen LogP contribution in [0, 0.1) is 0 Å². The van der Waals surface area contributed by atoms with E-state index in [1.165, 1.54) is 23.0 Å². The van der Waals surface area contributed by atoms with Crippen molar-refractivity contribution in [2.24, 2.45) is 0 Å². The predicted molar refractivity (Wildman–Crippen MR) is 105 cm³/mol. The van der Waals surface area contributed by atoms with E-state index in [-0.39, 0.29) is 5.91 Å². The normalized spacial score (nSPS) is 10.9. The van der Waals surface area contributed by atoms with Crippen LogP contribution in [0.4, 0.5) is 5.13 Å². The van der Waals surface area contributed by atoms with Gasteiger partial charge in [-0.3, -0.25) is 10.1 Å². The van der Waals surface area contributed by atoms with Gasteiger partial charge >= 0.3 is 0 Å². The highest BCUT2D eigenvalue weighted by molar-refractivity contribution is 8.00. The van der Waals surface area contributed by atoms with Gasteiger partial charge in [0.25, 0.3) is 0 Å². The van der Waals surface area contributed by atoms with Crippen molar-refractivity contribution in [3.8, 4) is 0 Å². The molecule has 7 heteroatoms. The van der Waals surface area contributed by atoms with Crippen molar-refractivity contribution in [3.63, 3.8) is 0 Å². The van der Waals surface area contributed by atoms with Crippen LogP contribution >= 0.6 is 34.7 Å². The number of hydrogen-bond acceptors (Lipinski definition) is 5. The number of carbonyl (C=O) groups is 1. The van der Waals surface area contributed by atoms with E-state index < -0.39 is 0 Å². The molecule has 126 valence electrons. The molecule has 0 bridgehead atoms. The van der Waals surface area contributed by atoms with Gasteiger partial charge in [-0.25, -0.2) is 0 Å². The van der Waals surface area contributed by atoms with Crippen LogP contribution in [0.1, 0.15) is 11.1 Å². The Morgan fingerprint density at radius 2 is 1.88 bits per heavy atom. The number of benzene rings is 2. The fourth-order valence-electron chi connectivity index (χ4n) is 1.96. The van der Waals surface area contributed by atoms with Gasteiger partial charge in [-0.2, -0.15) is 0 Å². The number of aromatic nitrogens is 2. The van der Waals surface area contributed by atoms with Gasteiger partial charge < -0.3 is 0 Å². The number of nitrogens with one attached hydrogen (secondary N) is 1. The lowest BCUT2D eigenvalue weighted by Crippen LogP contribution is -2.07. The molecular weight excluding hydrogens is 374 g/mol. The first-order valence-corrected chi connectivity index (χ1v) is 9.62. The lowest BCUT2D eigenvalue weighted by atomic mass is 10.2. The second-order valence-corrected chi connectivity index (χ2v) is 7.60. The quantitative estimate of drug-likeness (QED) is 0.361. The van der Waals surface area contributed by atoms with Crippen molar-refractivity contribution in [2.45, 2.75) is 10.1 Å². The molecule has 0 radical (unpaired) electrons. The topological polar surface area (TPSA) is 54.9 Å². The summed E-state index contributed by atoms with van der Waals surface area (Å²) >= 11 is 9.00. The Balaban J connectivity index is 1.54. The van der Waals surface area contributed by atoms with E-state index in [4.69, 9.17) is 11.6 Å². The van der Waals surface area contributed by atoms with Crippen LogP contribution in [0.5, 0.6) is 0 Å². The molecule has 0 fully saturated rings. The first-order valence-electron chi connectivity index (χ1n) is 7.44. The minimum absolute atomic E-state index is 0.268. The smallest absolute Gasteiger partial charge is 0.250 e. The molecule has 0 spiro atoms. The first-order chi connectivity index (χ1) is 12.2. The highest BCUT2D eigenvalue weighted by Crippen LogP contribution is 2.28. The van der Waals surface area contributed by atoms with Crippen molar-refractivity contribution in [2.75, 3.05) is 5.32 Å². The third-order valence-electron chi connectivity index (χ3n) is 3.16.